The highest BCUT2D eigenvalue weighted by Gasteiger charge is 2.11. The van der Waals surface area contributed by atoms with Crippen LogP contribution in [0.25, 0.3) is 11.0 Å². The molecule has 5 heteroatoms. The number of fused-ring (bicyclic) bond motifs is 1. The molecule has 3 nitrogen and oxygen atoms in total. The van der Waals surface area contributed by atoms with Crippen LogP contribution in [0.15, 0.2) is 47.1 Å². The fourth-order valence-corrected chi connectivity index (χ4v) is 2.58. The van der Waals surface area contributed by atoms with Crippen LogP contribution in [-0.4, -0.2) is 5.91 Å². The number of nitrogens with one attached hydrogen (secondary N) is 1. The summed E-state index contributed by atoms with van der Waals surface area (Å²) in [6.07, 6.45) is 1.86. The van der Waals surface area contributed by atoms with E-state index in [1.807, 2.05) is 25.1 Å². The van der Waals surface area contributed by atoms with E-state index in [2.05, 4.69) is 5.32 Å². The normalized spacial score (nSPS) is 10.9. The lowest BCUT2D eigenvalue weighted by Crippen LogP contribution is -2.14. The predicted molar refractivity (Wildman–Crippen MR) is 89.7 cm³/mol. The maximum Gasteiger partial charge on any atom is 0.228 e. The maximum atomic E-state index is 12.2. The molecule has 0 aliphatic heterocycles. The van der Waals surface area contributed by atoms with Crippen molar-refractivity contribution < 1.29 is 9.21 Å². The molecule has 1 N–H and O–H groups in total. The van der Waals surface area contributed by atoms with Crippen molar-refractivity contribution in [3.63, 3.8) is 0 Å². The summed E-state index contributed by atoms with van der Waals surface area (Å²) in [5.74, 6) is -0.136. The van der Waals surface area contributed by atoms with Gasteiger partial charge in [0.25, 0.3) is 0 Å². The van der Waals surface area contributed by atoms with Crippen molar-refractivity contribution in [3.05, 3.63) is 63.8 Å². The summed E-state index contributed by atoms with van der Waals surface area (Å²) in [4.78, 5) is 12.2. The SMILES string of the molecule is Cc1ccc2occ(CC(=O)Nc3ccc(Cl)c(Cl)c3)c2c1. The number of benzene rings is 2. The third kappa shape index (κ3) is 3.11. The van der Waals surface area contributed by atoms with E-state index in [0.29, 0.717) is 15.7 Å². The molecule has 22 heavy (non-hydrogen) atoms. The van der Waals surface area contributed by atoms with E-state index in [1.54, 1.807) is 24.5 Å². The van der Waals surface area contributed by atoms with Crippen molar-refractivity contribution in [1.82, 2.24) is 0 Å². The number of hydrogen-bond acceptors (Lipinski definition) is 2. The van der Waals surface area contributed by atoms with Crippen LogP contribution < -0.4 is 5.32 Å². The van der Waals surface area contributed by atoms with Gasteiger partial charge in [-0.25, -0.2) is 0 Å². The Kier molecular flexibility index (Phi) is 4.10. The van der Waals surface area contributed by atoms with Crippen molar-refractivity contribution in [2.24, 2.45) is 0 Å². The zero-order chi connectivity index (χ0) is 15.7. The van der Waals surface area contributed by atoms with Crippen LogP contribution in [0, 0.1) is 6.92 Å². The third-order valence-electron chi connectivity index (χ3n) is 3.36. The van der Waals surface area contributed by atoms with E-state index in [0.717, 1.165) is 22.1 Å². The monoisotopic (exact) mass is 333 g/mol. The number of aryl methyl sites for hydroxylation is 1. The fourth-order valence-electron chi connectivity index (χ4n) is 2.28. The molecule has 1 aromatic heterocycles. The van der Waals surface area contributed by atoms with Crippen molar-refractivity contribution in [2.45, 2.75) is 13.3 Å². The molecular formula is C17H13Cl2NO2. The standard InChI is InChI=1S/C17H13Cl2NO2/c1-10-2-5-16-13(6-10)11(9-22-16)7-17(21)20-12-3-4-14(18)15(19)8-12/h2-6,8-9H,7H2,1H3,(H,20,21). The molecule has 3 rings (SSSR count). The van der Waals surface area contributed by atoms with E-state index in [1.165, 1.54) is 0 Å². The Morgan fingerprint density at radius 3 is 2.73 bits per heavy atom. The number of hydrogen-bond donors (Lipinski definition) is 1. The van der Waals surface area contributed by atoms with Gasteiger partial charge in [-0.2, -0.15) is 0 Å². The topological polar surface area (TPSA) is 42.2 Å². The number of carbonyl (C=O) groups is 1. The smallest absolute Gasteiger partial charge is 0.228 e. The first-order valence-electron chi connectivity index (χ1n) is 6.74. The van der Waals surface area contributed by atoms with Gasteiger partial charge in [0, 0.05) is 16.6 Å². The largest absolute Gasteiger partial charge is 0.464 e. The summed E-state index contributed by atoms with van der Waals surface area (Å²) in [6.45, 7) is 2.01. The summed E-state index contributed by atoms with van der Waals surface area (Å²) in [7, 11) is 0. The first kappa shape index (κ1) is 14.9. The van der Waals surface area contributed by atoms with Crippen LogP contribution in [0.3, 0.4) is 0 Å². The Morgan fingerprint density at radius 1 is 1.14 bits per heavy atom. The molecular weight excluding hydrogens is 321 g/mol. The van der Waals surface area contributed by atoms with E-state index < -0.39 is 0 Å². The second kappa shape index (κ2) is 6.03. The summed E-state index contributed by atoms with van der Waals surface area (Å²) in [5, 5.41) is 4.63. The fraction of sp³-hybridized carbons (Fsp3) is 0.118. The number of anilines is 1. The van der Waals surface area contributed by atoms with Gasteiger partial charge in [0.2, 0.25) is 5.91 Å². The summed E-state index contributed by atoms with van der Waals surface area (Å²) in [6, 6.07) is 10.9. The van der Waals surface area contributed by atoms with Crippen molar-refractivity contribution >= 4 is 45.8 Å². The molecule has 0 spiro atoms. The highest BCUT2D eigenvalue weighted by Crippen LogP contribution is 2.26. The molecule has 3 aromatic rings. The van der Waals surface area contributed by atoms with Gasteiger partial charge in [-0.1, -0.05) is 34.8 Å². The van der Waals surface area contributed by atoms with Gasteiger partial charge in [0.1, 0.15) is 5.58 Å². The summed E-state index contributed by atoms with van der Waals surface area (Å²) < 4.78 is 5.47. The molecule has 0 radical (unpaired) electrons. The minimum atomic E-state index is -0.136. The van der Waals surface area contributed by atoms with E-state index in [4.69, 9.17) is 27.6 Å². The molecule has 0 saturated heterocycles. The van der Waals surface area contributed by atoms with Gasteiger partial charge < -0.3 is 9.73 Å². The number of furan rings is 1. The molecule has 0 atom stereocenters. The van der Waals surface area contributed by atoms with Crippen LogP contribution in [0.4, 0.5) is 5.69 Å². The average Bonchev–Trinajstić information content (AvgIpc) is 2.85. The quantitative estimate of drug-likeness (QED) is 0.713. The molecule has 0 aliphatic rings. The second-order valence-corrected chi connectivity index (χ2v) is 5.93. The lowest BCUT2D eigenvalue weighted by molar-refractivity contribution is -0.115. The summed E-state index contributed by atoms with van der Waals surface area (Å²) >= 11 is 11.8. The van der Waals surface area contributed by atoms with Gasteiger partial charge in [-0.3, -0.25) is 4.79 Å². The number of carbonyl (C=O) groups excluding carboxylic acids is 1. The average molecular weight is 334 g/mol. The van der Waals surface area contributed by atoms with Gasteiger partial charge in [0.05, 0.1) is 22.7 Å². The Bertz CT molecular complexity index is 855. The van der Waals surface area contributed by atoms with Crippen LogP contribution in [0.5, 0.6) is 0 Å². The maximum absolute atomic E-state index is 12.2. The first-order chi connectivity index (χ1) is 10.5. The van der Waals surface area contributed by atoms with E-state index >= 15 is 0 Å². The minimum Gasteiger partial charge on any atom is -0.464 e. The molecule has 0 bridgehead atoms. The molecule has 0 aliphatic carbocycles. The molecule has 0 saturated carbocycles. The lowest BCUT2D eigenvalue weighted by Gasteiger charge is -2.06. The molecule has 2 aromatic carbocycles. The van der Waals surface area contributed by atoms with Gasteiger partial charge >= 0.3 is 0 Å². The summed E-state index contributed by atoms with van der Waals surface area (Å²) in [5.41, 5.74) is 3.38. The van der Waals surface area contributed by atoms with Gasteiger partial charge in [0.15, 0.2) is 0 Å². The predicted octanol–water partition coefficient (Wildman–Crippen LogP) is 5.23. The Labute approximate surface area is 137 Å². The number of amides is 1. The highest BCUT2D eigenvalue weighted by atomic mass is 35.5. The van der Waals surface area contributed by atoms with Crippen molar-refractivity contribution in [1.29, 1.82) is 0 Å². The molecule has 1 heterocycles. The molecule has 112 valence electrons. The molecule has 0 unspecified atom stereocenters. The second-order valence-electron chi connectivity index (χ2n) is 5.11. The van der Waals surface area contributed by atoms with Crippen molar-refractivity contribution in [2.75, 3.05) is 5.32 Å². The van der Waals surface area contributed by atoms with Gasteiger partial charge in [-0.15, -0.1) is 0 Å². The van der Waals surface area contributed by atoms with Gasteiger partial charge in [-0.05, 0) is 37.3 Å². The molecule has 1 amide bonds. The van der Waals surface area contributed by atoms with Crippen LogP contribution in [0.1, 0.15) is 11.1 Å². The molecule has 0 fully saturated rings. The lowest BCUT2D eigenvalue weighted by atomic mass is 10.1. The Hall–Kier alpha value is -1.97. The van der Waals surface area contributed by atoms with E-state index in [-0.39, 0.29) is 12.3 Å². The van der Waals surface area contributed by atoms with Crippen LogP contribution >= 0.6 is 23.2 Å². The van der Waals surface area contributed by atoms with Crippen LogP contribution in [-0.2, 0) is 11.2 Å². The zero-order valence-electron chi connectivity index (χ0n) is 11.8. The van der Waals surface area contributed by atoms with E-state index in [9.17, 15) is 4.79 Å². The third-order valence-corrected chi connectivity index (χ3v) is 4.10. The first-order valence-corrected chi connectivity index (χ1v) is 7.50. The Balaban J connectivity index is 1.78. The number of halogens is 2. The number of rotatable bonds is 3. The highest BCUT2D eigenvalue weighted by molar-refractivity contribution is 6.42. The van der Waals surface area contributed by atoms with Crippen LogP contribution in [0.2, 0.25) is 10.0 Å². The van der Waals surface area contributed by atoms with Crippen molar-refractivity contribution in [3.8, 4) is 0 Å². The Morgan fingerprint density at radius 2 is 1.95 bits per heavy atom. The zero-order valence-corrected chi connectivity index (χ0v) is 13.3. The minimum absolute atomic E-state index is 0.136.